The normalized spacial score (nSPS) is 20.0. The van der Waals surface area contributed by atoms with Crippen molar-refractivity contribution in [3.8, 4) is 0 Å². The van der Waals surface area contributed by atoms with E-state index in [-0.39, 0.29) is 53.8 Å². The van der Waals surface area contributed by atoms with Crippen molar-refractivity contribution in [2.24, 2.45) is 5.41 Å². The van der Waals surface area contributed by atoms with E-state index in [2.05, 4.69) is 99.0 Å². The standard InChI is InChI=1S/C47H78N7O18P3S/c1-4-5-6-7-8-9-10-11-12-13-14-15-16-17-18-19-20-21-22-23-24-25-35(55)30-38(57)76-29-28-49-37(56)26-27-50-45(60)42(59)47(2,3)32-69-75(66,67)72-74(64,65)68-31-36-41(71-73(61,62)63)40(58)46(70-36)54-34-53-39-43(48)51-33-52-44(39)54/h8-9,11-12,14-15,17-18,33-36,40-42,46,55,58-59H,4-7,10,13,16,19-32H2,1-3H3,(H,49,56)(H,50,60)(H,64,65)(H,66,67)(H2,48,51,52)(H2,61,62,63)/p-4/b9-8-,12-11-,15-14-,18-17-/t35-,36-,40-,41-,42+,46-/m1/s1. The molecule has 2 amide bonds. The molecule has 1 saturated heterocycles. The van der Waals surface area contributed by atoms with Crippen LogP contribution in [0.5, 0.6) is 0 Å². The number of carbonyl (C=O) groups excluding carboxylic acids is 3. The first-order valence-corrected chi connectivity index (χ1v) is 30.6. The monoisotopic (exact) mass is 1150 g/mol. The number of hydrogen-bond acceptors (Lipinski definition) is 23. The number of aliphatic hydroxyl groups is 3. The van der Waals surface area contributed by atoms with Crippen molar-refractivity contribution >= 4 is 69.1 Å². The number of nitrogen functional groups attached to an aromatic ring is 1. The number of aliphatic hydroxyl groups excluding tert-OH is 3. The number of unbranched alkanes of at least 4 members (excludes halogenated alkanes) is 8. The van der Waals surface area contributed by atoms with Gasteiger partial charge in [-0.2, -0.15) is 0 Å². The number of rotatable bonds is 39. The summed E-state index contributed by atoms with van der Waals surface area (Å²) in [5, 5.41) is 36.5. The second kappa shape index (κ2) is 34.5. The molecule has 2 aromatic heterocycles. The third kappa shape index (κ3) is 26.4. The molecule has 0 radical (unpaired) electrons. The van der Waals surface area contributed by atoms with Crippen molar-refractivity contribution in [2.45, 2.75) is 160 Å². The number of amides is 2. The average molecular weight is 1150 g/mol. The number of nitrogens with zero attached hydrogens (tertiary/aromatic N) is 4. The van der Waals surface area contributed by atoms with Crippen LogP contribution in [0.15, 0.2) is 61.3 Å². The van der Waals surface area contributed by atoms with E-state index in [9.17, 15) is 63.0 Å². The summed E-state index contributed by atoms with van der Waals surface area (Å²) in [5.41, 5.74) is 4.06. The number of phosphoric ester groups is 3. The van der Waals surface area contributed by atoms with Gasteiger partial charge in [-0.3, -0.25) is 28.1 Å². The van der Waals surface area contributed by atoms with Crippen LogP contribution in [0.1, 0.15) is 130 Å². The minimum atomic E-state index is -5.94. The number of fused-ring (bicyclic) bond motifs is 1. The number of ether oxygens (including phenoxy) is 1. The third-order valence-electron chi connectivity index (χ3n) is 11.5. The number of imidazole rings is 1. The minimum absolute atomic E-state index is 0.00292. The molecule has 76 heavy (non-hydrogen) atoms. The Labute approximate surface area is 448 Å². The van der Waals surface area contributed by atoms with Gasteiger partial charge in [0.05, 0.1) is 33.5 Å². The molecule has 25 nitrogen and oxygen atoms in total. The predicted molar refractivity (Wildman–Crippen MR) is 276 cm³/mol. The number of phosphoric acid groups is 3. The van der Waals surface area contributed by atoms with Gasteiger partial charge in [-0.1, -0.05) is 120 Å². The van der Waals surface area contributed by atoms with Crippen LogP contribution in [0.4, 0.5) is 5.82 Å². The smallest absolute Gasteiger partial charge is 0.274 e. The summed E-state index contributed by atoms with van der Waals surface area (Å²) in [6.07, 6.45) is 23.7. The summed E-state index contributed by atoms with van der Waals surface area (Å²) >= 11 is 0.979. The summed E-state index contributed by atoms with van der Waals surface area (Å²) < 4.78 is 60.9. The van der Waals surface area contributed by atoms with Crippen LogP contribution >= 0.6 is 35.2 Å². The van der Waals surface area contributed by atoms with Gasteiger partial charge in [0.25, 0.3) is 15.6 Å². The Morgan fingerprint density at radius 2 is 1.46 bits per heavy atom. The Kier molecular flexibility index (Phi) is 30.3. The van der Waals surface area contributed by atoms with Gasteiger partial charge in [-0.25, -0.2) is 19.3 Å². The first-order chi connectivity index (χ1) is 35.9. The Morgan fingerprint density at radius 3 is 2.11 bits per heavy atom. The molecule has 1 aliphatic heterocycles. The lowest BCUT2D eigenvalue weighted by molar-refractivity contribution is -0.347. The van der Waals surface area contributed by atoms with Crippen molar-refractivity contribution < 1.29 is 85.6 Å². The number of allylic oxidation sites excluding steroid dienone is 8. The van der Waals surface area contributed by atoms with Gasteiger partial charge >= 0.3 is 0 Å². The number of nitrogens with one attached hydrogen (secondary N) is 2. The van der Waals surface area contributed by atoms with Crippen molar-refractivity contribution in [3.63, 3.8) is 0 Å². The average Bonchev–Trinajstić information content (AvgIpc) is 3.91. The van der Waals surface area contributed by atoms with Gasteiger partial charge in [0.2, 0.25) is 11.8 Å². The maximum Gasteiger partial charge on any atom is 0.274 e. The highest BCUT2D eigenvalue weighted by Crippen LogP contribution is 2.56. The fraction of sp³-hybridized carbons (Fsp3) is 0.660. The quantitative estimate of drug-likeness (QED) is 0.0316. The molecule has 3 rings (SSSR count). The van der Waals surface area contributed by atoms with Crippen LogP contribution in [-0.2, 0) is 50.7 Å². The molecule has 1 aliphatic rings. The maximum atomic E-state index is 12.7. The van der Waals surface area contributed by atoms with Gasteiger partial charge < -0.3 is 74.1 Å². The minimum Gasteiger partial charge on any atom is -0.790 e. The van der Waals surface area contributed by atoms with E-state index in [4.69, 9.17) is 10.5 Å². The lowest BCUT2D eigenvalue weighted by Gasteiger charge is -2.36. The molecule has 0 aromatic carbocycles. The maximum absolute atomic E-state index is 12.7. The van der Waals surface area contributed by atoms with E-state index in [1.807, 2.05) is 0 Å². The molecule has 0 spiro atoms. The van der Waals surface area contributed by atoms with Crippen molar-refractivity contribution in [1.29, 1.82) is 0 Å². The zero-order valence-corrected chi connectivity index (χ0v) is 46.7. The highest BCUT2D eigenvalue weighted by atomic mass is 32.2. The molecular formula is C47H74N7O18P3S-4. The predicted octanol–water partition coefficient (Wildman–Crippen LogP) is 3.59. The fourth-order valence-electron chi connectivity index (χ4n) is 7.36. The molecule has 0 saturated carbocycles. The van der Waals surface area contributed by atoms with E-state index in [1.54, 1.807) is 0 Å². The summed E-state index contributed by atoms with van der Waals surface area (Å²) in [6, 6.07) is 0. The highest BCUT2D eigenvalue weighted by molar-refractivity contribution is 8.13. The van der Waals surface area contributed by atoms with E-state index in [0.29, 0.717) is 6.42 Å². The molecule has 3 heterocycles. The molecule has 0 bridgehead atoms. The number of nitrogens with two attached hydrogens (primary N) is 1. The zero-order chi connectivity index (χ0) is 56.2. The van der Waals surface area contributed by atoms with Crippen LogP contribution in [0, 0.1) is 5.41 Å². The molecule has 1 fully saturated rings. The summed E-state index contributed by atoms with van der Waals surface area (Å²) in [7, 11) is -17.7. The lowest BCUT2D eigenvalue weighted by atomic mass is 9.87. The van der Waals surface area contributed by atoms with E-state index < -0.39 is 90.7 Å². The van der Waals surface area contributed by atoms with Crippen LogP contribution in [-0.4, -0.2) is 114 Å². The number of anilines is 1. The van der Waals surface area contributed by atoms with E-state index in [0.717, 1.165) is 86.8 Å². The van der Waals surface area contributed by atoms with Gasteiger partial charge in [-0.05, 0) is 51.4 Å². The molecular weight excluding hydrogens is 1080 g/mol. The molecule has 0 aliphatic carbocycles. The van der Waals surface area contributed by atoms with Crippen LogP contribution < -0.4 is 35.9 Å². The molecule has 8 atom stereocenters. The van der Waals surface area contributed by atoms with Crippen LogP contribution in [0.3, 0.4) is 0 Å². The largest absolute Gasteiger partial charge is 0.790 e. The summed E-state index contributed by atoms with van der Waals surface area (Å²) in [4.78, 5) is 97.2. The third-order valence-corrected chi connectivity index (χ3v) is 15.4. The number of thioether (sulfide) groups is 1. The van der Waals surface area contributed by atoms with Crippen molar-refractivity contribution in [1.82, 2.24) is 30.2 Å². The zero-order valence-electron chi connectivity index (χ0n) is 43.2. The molecule has 2 aromatic rings. The van der Waals surface area contributed by atoms with Crippen LogP contribution in [0.25, 0.3) is 11.2 Å². The van der Waals surface area contributed by atoms with Crippen molar-refractivity contribution in [2.75, 3.05) is 37.8 Å². The lowest BCUT2D eigenvalue weighted by Crippen LogP contribution is -2.46. The van der Waals surface area contributed by atoms with Gasteiger partial charge in [0.15, 0.2) is 22.8 Å². The topological polar surface area (TPSA) is 395 Å². The number of carbonyl (C=O) groups is 3. The molecule has 29 heteroatoms. The molecule has 430 valence electrons. The van der Waals surface area contributed by atoms with Gasteiger partial charge in [0.1, 0.15) is 36.3 Å². The fourth-order valence-corrected chi connectivity index (χ4v) is 10.8. The first kappa shape index (κ1) is 66.8. The van der Waals surface area contributed by atoms with Crippen molar-refractivity contribution in [3.05, 3.63) is 61.3 Å². The Hall–Kier alpha value is -3.52. The Morgan fingerprint density at radius 1 is 0.855 bits per heavy atom. The Bertz CT molecular complexity index is 2370. The van der Waals surface area contributed by atoms with E-state index in [1.165, 1.54) is 39.5 Å². The second-order valence-corrected chi connectivity index (χ2v) is 23.7. The summed E-state index contributed by atoms with van der Waals surface area (Å²) in [5.74, 6) is -1.35. The number of aromatic nitrogens is 4. The second-order valence-electron chi connectivity index (χ2n) is 18.5. The SMILES string of the molecule is CCCCC/C=C\C/C=C\C/C=C\C/C=C\CCCCCCC[C@@H](O)CC(=O)SCCNC(=O)CCNC(=O)[C@H](O)C(C)(C)COP(=O)([O-])OP(=O)([O-])OC[C@H]1O[C@@H](n2cnc3c(N)ncnc32)[C@H](O)[C@@H]1OP(=O)([O-])[O-]. The molecule has 7 N–H and O–H groups in total. The summed E-state index contributed by atoms with van der Waals surface area (Å²) in [6.45, 7) is 2.19. The molecule has 2 unspecified atom stereocenters. The first-order valence-electron chi connectivity index (χ1n) is 25.2. The number of hydrogen-bond donors (Lipinski definition) is 6. The van der Waals surface area contributed by atoms with Gasteiger partial charge in [-0.15, -0.1) is 0 Å². The Balaban J connectivity index is 1.24. The van der Waals surface area contributed by atoms with E-state index >= 15 is 0 Å². The highest BCUT2D eigenvalue weighted by Gasteiger charge is 2.47. The van der Waals surface area contributed by atoms with Gasteiger partial charge in [0, 0.05) is 37.1 Å². The van der Waals surface area contributed by atoms with Crippen LogP contribution in [0.2, 0.25) is 0 Å².